The van der Waals surface area contributed by atoms with E-state index in [1.165, 1.54) is 38.2 Å². The SMILES string of the molecule is CC(=O)Nc1ccc(S(=O)(=O)N(C)CC(=O)NCc2ccnc(-n3cccn3)c2)cc1. The first kappa shape index (κ1) is 22.1. The zero-order valence-electron chi connectivity index (χ0n) is 17.0. The van der Waals surface area contributed by atoms with Crippen LogP contribution < -0.4 is 10.6 Å². The lowest BCUT2D eigenvalue weighted by molar-refractivity contribution is -0.121. The van der Waals surface area contributed by atoms with Crippen LogP contribution in [-0.2, 0) is 26.2 Å². The van der Waals surface area contributed by atoms with Crippen molar-refractivity contribution in [2.45, 2.75) is 18.4 Å². The number of hydrogen-bond donors (Lipinski definition) is 2. The fourth-order valence-electron chi connectivity index (χ4n) is 2.74. The van der Waals surface area contributed by atoms with Crippen LogP contribution in [-0.4, -0.2) is 52.9 Å². The highest BCUT2D eigenvalue weighted by Crippen LogP contribution is 2.17. The highest BCUT2D eigenvalue weighted by atomic mass is 32.2. The van der Waals surface area contributed by atoms with Crippen LogP contribution in [0.4, 0.5) is 5.69 Å². The molecule has 2 aromatic heterocycles. The number of carbonyl (C=O) groups excluding carboxylic acids is 2. The van der Waals surface area contributed by atoms with Crippen molar-refractivity contribution in [3.63, 3.8) is 0 Å². The molecule has 2 N–H and O–H groups in total. The van der Waals surface area contributed by atoms with Gasteiger partial charge in [-0.15, -0.1) is 0 Å². The van der Waals surface area contributed by atoms with Gasteiger partial charge < -0.3 is 10.6 Å². The predicted molar refractivity (Wildman–Crippen MR) is 114 cm³/mol. The van der Waals surface area contributed by atoms with Gasteiger partial charge in [-0.25, -0.2) is 18.1 Å². The summed E-state index contributed by atoms with van der Waals surface area (Å²) in [4.78, 5) is 27.6. The molecule has 11 heteroatoms. The molecule has 0 radical (unpaired) electrons. The Morgan fingerprint density at radius 2 is 1.87 bits per heavy atom. The molecule has 0 unspecified atom stereocenters. The van der Waals surface area contributed by atoms with Gasteiger partial charge in [0.15, 0.2) is 5.82 Å². The molecule has 162 valence electrons. The summed E-state index contributed by atoms with van der Waals surface area (Å²) in [6.45, 7) is 1.24. The summed E-state index contributed by atoms with van der Waals surface area (Å²) in [6.07, 6.45) is 5.01. The number of nitrogens with zero attached hydrogens (tertiary/aromatic N) is 4. The maximum atomic E-state index is 12.7. The highest BCUT2D eigenvalue weighted by molar-refractivity contribution is 7.89. The van der Waals surface area contributed by atoms with E-state index in [9.17, 15) is 18.0 Å². The van der Waals surface area contributed by atoms with Gasteiger partial charge in [0.25, 0.3) is 0 Å². The molecule has 31 heavy (non-hydrogen) atoms. The van der Waals surface area contributed by atoms with Crippen molar-refractivity contribution in [3.05, 3.63) is 66.6 Å². The summed E-state index contributed by atoms with van der Waals surface area (Å²) >= 11 is 0. The minimum Gasteiger partial charge on any atom is -0.351 e. The first-order valence-electron chi connectivity index (χ1n) is 9.31. The molecule has 0 bridgehead atoms. The second-order valence-electron chi connectivity index (χ2n) is 6.72. The third-order valence-electron chi connectivity index (χ3n) is 4.29. The molecule has 0 saturated carbocycles. The average molecular weight is 443 g/mol. The largest absolute Gasteiger partial charge is 0.351 e. The van der Waals surface area contributed by atoms with Crippen LogP contribution in [0.2, 0.25) is 0 Å². The molecule has 2 heterocycles. The van der Waals surface area contributed by atoms with E-state index in [1.54, 1.807) is 41.5 Å². The van der Waals surface area contributed by atoms with Gasteiger partial charge in [-0.2, -0.15) is 9.40 Å². The predicted octanol–water partition coefficient (Wildman–Crippen LogP) is 1.16. The quantitative estimate of drug-likeness (QED) is 0.539. The second kappa shape index (κ2) is 9.49. The maximum absolute atomic E-state index is 12.7. The number of hydrogen-bond acceptors (Lipinski definition) is 6. The van der Waals surface area contributed by atoms with Gasteiger partial charge in [-0.3, -0.25) is 9.59 Å². The molecule has 2 amide bonds. The number of likely N-dealkylation sites (N-methyl/N-ethyl adjacent to an activating group) is 1. The maximum Gasteiger partial charge on any atom is 0.243 e. The second-order valence-corrected chi connectivity index (χ2v) is 8.76. The van der Waals surface area contributed by atoms with Crippen LogP contribution >= 0.6 is 0 Å². The molecule has 0 aliphatic heterocycles. The lowest BCUT2D eigenvalue weighted by Crippen LogP contribution is -2.38. The molecule has 10 nitrogen and oxygen atoms in total. The van der Waals surface area contributed by atoms with Crippen molar-refractivity contribution in [1.29, 1.82) is 0 Å². The molecular weight excluding hydrogens is 420 g/mol. The van der Waals surface area contributed by atoms with Crippen LogP contribution in [0.3, 0.4) is 0 Å². The van der Waals surface area contributed by atoms with Crippen molar-refractivity contribution in [3.8, 4) is 5.82 Å². The topological polar surface area (TPSA) is 126 Å². The van der Waals surface area contributed by atoms with E-state index in [4.69, 9.17) is 0 Å². The Morgan fingerprint density at radius 1 is 1.13 bits per heavy atom. The Labute approximate surface area is 180 Å². The number of carbonyl (C=O) groups is 2. The lowest BCUT2D eigenvalue weighted by atomic mass is 10.2. The van der Waals surface area contributed by atoms with Gasteiger partial charge >= 0.3 is 0 Å². The minimum atomic E-state index is -3.86. The third-order valence-corrected chi connectivity index (χ3v) is 6.11. The summed E-state index contributed by atoms with van der Waals surface area (Å²) in [6, 6.07) is 11.0. The van der Waals surface area contributed by atoms with Crippen molar-refractivity contribution in [2.24, 2.45) is 0 Å². The van der Waals surface area contributed by atoms with Gasteiger partial charge in [-0.05, 0) is 48.0 Å². The molecule has 3 aromatic rings. The lowest BCUT2D eigenvalue weighted by Gasteiger charge is -2.17. The Hall–Kier alpha value is -3.57. The number of anilines is 1. The van der Waals surface area contributed by atoms with E-state index in [1.807, 2.05) is 0 Å². The summed E-state index contributed by atoms with van der Waals surface area (Å²) in [7, 11) is -2.53. The zero-order chi connectivity index (χ0) is 22.4. The van der Waals surface area contributed by atoms with Gasteiger partial charge in [0, 0.05) is 44.8 Å². The average Bonchev–Trinajstić information content (AvgIpc) is 3.27. The van der Waals surface area contributed by atoms with Crippen LogP contribution in [0.15, 0.2) is 66.0 Å². The first-order chi connectivity index (χ1) is 14.8. The van der Waals surface area contributed by atoms with E-state index in [-0.39, 0.29) is 23.9 Å². The normalized spacial score (nSPS) is 11.3. The van der Waals surface area contributed by atoms with Gasteiger partial charge in [-0.1, -0.05) is 0 Å². The number of aromatic nitrogens is 3. The van der Waals surface area contributed by atoms with Gasteiger partial charge in [0.05, 0.1) is 11.4 Å². The number of amides is 2. The Bertz CT molecular complexity index is 1160. The molecule has 0 aliphatic rings. The monoisotopic (exact) mass is 442 g/mol. The summed E-state index contributed by atoms with van der Waals surface area (Å²) in [5.41, 5.74) is 1.28. The smallest absolute Gasteiger partial charge is 0.243 e. The number of nitrogens with one attached hydrogen (secondary N) is 2. The first-order valence-corrected chi connectivity index (χ1v) is 10.8. The number of pyridine rings is 1. The molecule has 0 atom stereocenters. The molecule has 0 spiro atoms. The number of sulfonamides is 1. The Kier molecular flexibility index (Phi) is 6.78. The van der Waals surface area contributed by atoms with Crippen LogP contribution in [0.5, 0.6) is 0 Å². The standard InChI is InChI=1S/C20H22N6O4S/c1-15(27)24-17-4-6-18(7-5-17)31(29,30)25(2)14-20(28)22-13-16-8-10-21-19(12-16)26-11-3-9-23-26/h3-12H,13-14H2,1-2H3,(H,22,28)(H,24,27). The molecule has 3 rings (SSSR count). The van der Waals surface area contributed by atoms with Crippen molar-refractivity contribution < 1.29 is 18.0 Å². The fourth-order valence-corrected chi connectivity index (χ4v) is 3.86. The van der Waals surface area contributed by atoms with E-state index in [0.29, 0.717) is 11.5 Å². The molecule has 1 aromatic carbocycles. The van der Waals surface area contributed by atoms with Gasteiger partial charge in [0.1, 0.15) is 0 Å². The number of benzene rings is 1. The highest BCUT2D eigenvalue weighted by Gasteiger charge is 2.23. The van der Waals surface area contributed by atoms with Crippen molar-refractivity contribution in [2.75, 3.05) is 18.9 Å². The van der Waals surface area contributed by atoms with E-state index in [0.717, 1.165) is 9.87 Å². The number of rotatable bonds is 8. The summed E-state index contributed by atoms with van der Waals surface area (Å²) in [5.74, 6) is -0.0899. The van der Waals surface area contributed by atoms with E-state index in [2.05, 4.69) is 20.7 Å². The van der Waals surface area contributed by atoms with E-state index >= 15 is 0 Å². The molecule has 0 fully saturated rings. The molecular formula is C20H22N6O4S. The van der Waals surface area contributed by atoms with Crippen LogP contribution in [0, 0.1) is 0 Å². The minimum absolute atomic E-state index is 0.0231. The Morgan fingerprint density at radius 3 is 2.52 bits per heavy atom. The molecule has 0 saturated heterocycles. The summed E-state index contributed by atoms with van der Waals surface area (Å²) in [5, 5.41) is 9.39. The van der Waals surface area contributed by atoms with Crippen LogP contribution in [0.1, 0.15) is 12.5 Å². The third kappa shape index (κ3) is 5.74. The fraction of sp³-hybridized carbons (Fsp3) is 0.200. The zero-order valence-corrected chi connectivity index (χ0v) is 17.8. The van der Waals surface area contributed by atoms with E-state index < -0.39 is 15.9 Å². The summed E-state index contributed by atoms with van der Waals surface area (Å²) < 4.78 is 28.0. The van der Waals surface area contributed by atoms with Crippen molar-refractivity contribution in [1.82, 2.24) is 24.4 Å². The van der Waals surface area contributed by atoms with Gasteiger partial charge in [0.2, 0.25) is 21.8 Å². The van der Waals surface area contributed by atoms with Crippen molar-refractivity contribution >= 4 is 27.5 Å². The van der Waals surface area contributed by atoms with Crippen LogP contribution in [0.25, 0.3) is 5.82 Å². The molecule has 0 aliphatic carbocycles. The Balaban J connectivity index is 1.58.